The zero-order valence-electron chi connectivity index (χ0n) is 11.7. The molecule has 0 aromatic heterocycles. The van der Waals surface area contributed by atoms with Crippen molar-refractivity contribution in [1.82, 2.24) is 4.90 Å². The maximum Gasteiger partial charge on any atom is 0.488 e. The molecular weight excluding hydrogens is 257 g/mol. The van der Waals surface area contributed by atoms with Gasteiger partial charge in [-0.2, -0.15) is 11.8 Å². The van der Waals surface area contributed by atoms with Crippen LogP contribution in [0.1, 0.15) is 25.8 Å². The summed E-state index contributed by atoms with van der Waals surface area (Å²) in [6, 6.07) is 7.58. The van der Waals surface area contributed by atoms with Crippen LogP contribution in [-0.2, 0) is 6.54 Å². The zero-order valence-corrected chi connectivity index (χ0v) is 12.5. The van der Waals surface area contributed by atoms with E-state index < -0.39 is 7.12 Å². The molecule has 19 heavy (non-hydrogen) atoms. The van der Waals surface area contributed by atoms with Crippen molar-refractivity contribution in [3.05, 3.63) is 29.8 Å². The Bertz CT molecular complexity index is 426. The lowest BCUT2D eigenvalue weighted by molar-refractivity contribution is 0.276. The summed E-state index contributed by atoms with van der Waals surface area (Å²) >= 11 is 2.03. The van der Waals surface area contributed by atoms with E-state index in [0.717, 1.165) is 31.0 Å². The fourth-order valence-corrected chi connectivity index (χ4v) is 3.53. The fourth-order valence-electron chi connectivity index (χ4n) is 2.39. The van der Waals surface area contributed by atoms with Gasteiger partial charge in [-0.15, -0.1) is 0 Å². The Morgan fingerprint density at radius 1 is 1.26 bits per heavy atom. The summed E-state index contributed by atoms with van der Waals surface area (Å²) < 4.78 is 0.352. The minimum absolute atomic E-state index is 0.352. The zero-order chi connectivity index (χ0) is 13.9. The van der Waals surface area contributed by atoms with Gasteiger partial charge in [0.15, 0.2) is 0 Å². The Hall–Kier alpha value is -0.485. The number of hydrogen-bond acceptors (Lipinski definition) is 4. The number of nitrogens with zero attached hydrogens (tertiary/aromatic N) is 1. The van der Waals surface area contributed by atoms with E-state index in [1.807, 2.05) is 30.0 Å². The molecule has 1 aromatic carbocycles. The monoisotopic (exact) mass is 279 g/mol. The highest BCUT2D eigenvalue weighted by molar-refractivity contribution is 8.00. The summed E-state index contributed by atoms with van der Waals surface area (Å²) in [4.78, 5) is 2.41. The molecule has 0 atom stereocenters. The predicted molar refractivity (Wildman–Crippen MR) is 82.7 cm³/mol. The molecule has 0 radical (unpaired) electrons. The molecule has 3 nitrogen and oxygen atoms in total. The molecule has 0 saturated carbocycles. The van der Waals surface area contributed by atoms with Crippen LogP contribution in [0.25, 0.3) is 0 Å². The van der Waals surface area contributed by atoms with Crippen LogP contribution in [-0.4, -0.2) is 45.7 Å². The Labute approximate surface area is 120 Å². The van der Waals surface area contributed by atoms with Crippen LogP contribution in [0.15, 0.2) is 24.3 Å². The van der Waals surface area contributed by atoms with Gasteiger partial charge in [0.25, 0.3) is 0 Å². The van der Waals surface area contributed by atoms with Crippen molar-refractivity contribution in [2.75, 3.05) is 18.8 Å². The molecule has 1 aliphatic rings. The fraction of sp³-hybridized carbons (Fsp3) is 0.571. The van der Waals surface area contributed by atoms with Crippen molar-refractivity contribution in [3.63, 3.8) is 0 Å². The number of rotatable bonds is 3. The van der Waals surface area contributed by atoms with E-state index in [2.05, 4.69) is 18.7 Å². The first kappa shape index (κ1) is 14.9. The highest BCUT2D eigenvalue weighted by Gasteiger charge is 2.24. The molecule has 0 unspecified atom stereocenters. The van der Waals surface area contributed by atoms with Crippen LogP contribution < -0.4 is 5.46 Å². The first-order valence-electron chi connectivity index (χ1n) is 6.78. The van der Waals surface area contributed by atoms with E-state index >= 15 is 0 Å². The van der Waals surface area contributed by atoms with Gasteiger partial charge in [-0.25, -0.2) is 0 Å². The maximum absolute atomic E-state index is 9.41. The van der Waals surface area contributed by atoms with E-state index in [9.17, 15) is 10.0 Å². The summed E-state index contributed by atoms with van der Waals surface area (Å²) in [5, 5.41) is 18.8. The number of thioether (sulfide) groups is 1. The summed E-state index contributed by atoms with van der Waals surface area (Å²) in [7, 11) is -1.38. The van der Waals surface area contributed by atoms with Crippen LogP contribution in [0.3, 0.4) is 0 Å². The normalized spacial score (nSPS) is 20.0. The van der Waals surface area contributed by atoms with Crippen LogP contribution in [0.2, 0.25) is 0 Å². The molecule has 1 aliphatic heterocycles. The van der Waals surface area contributed by atoms with Crippen molar-refractivity contribution in [2.24, 2.45) is 0 Å². The molecule has 2 N–H and O–H groups in total. The average Bonchev–Trinajstić information content (AvgIpc) is 2.51. The Balaban J connectivity index is 2.05. The third kappa shape index (κ3) is 4.24. The second kappa shape index (κ2) is 6.31. The number of benzene rings is 1. The maximum atomic E-state index is 9.41. The predicted octanol–water partition coefficient (Wildman–Crippen LogP) is 1.08. The molecule has 0 aliphatic carbocycles. The van der Waals surface area contributed by atoms with Crippen molar-refractivity contribution >= 4 is 24.3 Å². The molecule has 5 heteroatoms. The summed E-state index contributed by atoms with van der Waals surface area (Å²) in [6.45, 7) is 7.52. The van der Waals surface area contributed by atoms with Gasteiger partial charge >= 0.3 is 7.12 Å². The van der Waals surface area contributed by atoms with Crippen molar-refractivity contribution in [2.45, 2.75) is 31.6 Å². The SMILES string of the molecule is CC1(C)CCN(Cc2ccccc2B(O)O)CCS1. The quantitative estimate of drug-likeness (QED) is 0.813. The number of hydrogen-bond donors (Lipinski definition) is 2. The largest absolute Gasteiger partial charge is 0.488 e. The minimum Gasteiger partial charge on any atom is -0.423 e. The van der Waals surface area contributed by atoms with Gasteiger partial charge in [-0.3, -0.25) is 4.90 Å². The highest BCUT2D eigenvalue weighted by Crippen LogP contribution is 2.30. The van der Waals surface area contributed by atoms with Crippen LogP contribution in [0.5, 0.6) is 0 Å². The third-order valence-electron chi connectivity index (χ3n) is 3.66. The molecule has 1 aromatic rings. The molecule has 0 bridgehead atoms. The molecule has 0 amide bonds. The van der Waals surface area contributed by atoms with Crippen LogP contribution in [0, 0.1) is 0 Å². The van der Waals surface area contributed by atoms with Crippen molar-refractivity contribution < 1.29 is 10.0 Å². The van der Waals surface area contributed by atoms with Crippen LogP contribution in [0.4, 0.5) is 0 Å². The van der Waals surface area contributed by atoms with Gasteiger partial charge in [0.2, 0.25) is 0 Å². The first-order valence-corrected chi connectivity index (χ1v) is 7.77. The average molecular weight is 279 g/mol. The van der Waals surface area contributed by atoms with Gasteiger partial charge in [-0.05, 0) is 24.0 Å². The molecule has 0 spiro atoms. The Morgan fingerprint density at radius 2 is 2.00 bits per heavy atom. The molecule has 1 fully saturated rings. The van der Waals surface area contributed by atoms with E-state index in [1.165, 1.54) is 6.42 Å². The Kier molecular flexibility index (Phi) is 4.95. The van der Waals surface area contributed by atoms with Gasteiger partial charge in [-0.1, -0.05) is 38.1 Å². The van der Waals surface area contributed by atoms with Crippen LogP contribution >= 0.6 is 11.8 Å². The van der Waals surface area contributed by atoms with Gasteiger partial charge < -0.3 is 10.0 Å². The Morgan fingerprint density at radius 3 is 2.74 bits per heavy atom. The second-order valence-electron chi connectivity index (χ2n) is 5.71. The molecular formula is C14H22BNO2S. The van der Waals surface area contributed by atoms with E-state index in [0.29, 0.717) is 10.2 Å². The lowest BCUT2D eigenvalue weighted by Gasteiger charge is -2.23. The summed E-state index contributed by atoms with van der Waals surface area (Å²) in [5.41, 5.74) is 1.64. The van der Waals surface area contributed by atoms with Crippen molar-refractivity contribution in [1.29, 1.82) is 0 Å². The van der Waals surface area contributed by atoms with E-state index in [-0.39, 0.29) is 0 Å². The first-order chi connectivity index (χ1) is 8.98. The van der Waals surface area contributed by atoms with Gasteiger partial charge in [0.05, 0.1) is 0 Å². The van der Waals surface area contributed by atoms with Crippen molar-refractivity contribution in [3.8, 4) is 0 Å². The molecule has 104 valence electrons. The summed E-state index contributed by atoms with van der Waals surface area (Å²) in [6.07, 6.45) is 1.17. The second-order valence-corrected chi connectivity index (χ2v) is 7.51. The summed E-state index contributed by atoms with van der Waals surface area (Å²) in [5.74, 6) is 1.14. The topological polar surface area (TPSA) is 43.7 Å². The smallest absolute Gasteiger partial charge is 0.423 e. The molecule has 1 heterocycles. The molecule has 1 saturated heterocycles. The minimum atomic E-state index is -1.38. The lowest BCUT2D eigenvalue weighted by Crippen LogP contribution is -2.36. The standard InChI is InChI=1S/C14H22BNO2S/c1-14(2)7-8-16(9-10-19-14)11-12-5-3-4-6-13(12)15(17)18/h3-6,17-18H,7-11H2,1-2H3. The third-order valence-corrected chi connectivity index (χ3v) is 5.03. The molecule has 2 rings (SSSR count). The van der Waals surface area contributed by atoms with Gasteiger partial charge in [0, 0.05) is 23.6 Å². The lowest BCUT2D eigenvalue weighted by atomic mass is 9.77. The van der Waals surface area contributed by atoms with E-state index in [1.54, 1.807) is 6.07 Å². The van der Waals surface area contributed by atoms with Gasteiger partial charge in [0.1, 0.15) is 0 Å². The van der Waals surface area contributed by atoms with E-state index in [4.69, 9.17) is 0 Å². The highest BCUT2D eigenvalue weighted by atomic mass is 32.2.